The maximum Gasteiger partial charge on any atom is 0.244 e. The van der Waals surface area contributed by atoms with Gasteiger partial charge >= 0.3 is 0 Å². The van der Waals surface area contributed by atoms with Gasteiger partial charge in [-0.25, -0.2) is 0 Å². The van der Waals surface area contributed by atoms with Gasteiger partial charge in [0, 0.05) is 12.1 Å². The Morgan fingerprint density at radius 3 is 1.86 bits per heavy atom. The van der Waals surface area contributed by atoms with Crippen molar-refractivity contribution in [2.24, 2.45) is 0 Å². The van der Waals surface area contributed by atoms with E-state index in [9.17, 15) is 4.79 Å². The molecule has 2 heteroatoms. The number of carbonyl (C=O) groups excluding carboxylic acids is 1. The quantitative estimate of drug-likeness (QED) is 0.649. The van der Waals surface area contributed by atoms with Crippen LogP contribution in [0.1, 0.15) is 25.0 Å². The molecule has 0 saturated heterocycles. The molecule has 0 aliphatic heterocycles. The number of benzene rings is 2. The van der Waals surface area contributed by atoms with Crippen molar-refractivity contribution in [3.05, 3.63) is 90.0 Å². The lowest BCUT2D eigenvalue weighted by atomic mass is 9.97. The first-order chi connectivity index (χ1) is 10.7. The van der Waals surface area contributed by atoms with E-state index < -0.39 is 0 Å². The number of hydrogen-bond acceptors (Lipinski definition) is 1. The summed E-state index contributed by atoms with van der Waals surface area (Å²) in [4.78, 5) is 11.7. The monoisotopic (exact) mass is 291 g/mol. The maximum absolute atomic E-state index is 11.7. The van der Waals surface area contributed by atoms with Crippen molar-refractivity contribution in [3.8, 4) is 0 Å². The average molecular weight is 291 g/mol. The summed E-state index contributed by atoms with van der Waals surface area (Å²) in [5.74, 6) is -0.0771. The van der Waals surface area contributed by atoms with Gasteiger partial charge in [-0.05, 0) is 30.5 Å². The first-order valence-electron chi connectivity index (χ1n) is 7.46. The Bertz CT molecular complexity index is 613. The van der Waals surface area contributed by atoms with Crippen molar-refractivity contribution in [2.75, 3.05) is 0 Å². The predicted molar refractivity (Wildman–Crippen MR) is 92.4 cm³/mol. The van der Waals surface area contributed by atoms with Crippen LogP contribution in [0.4, 0.5) is 0 Å². The summed E-state index contributed by atoms with van der Waals surface area (Å²) < 4.78 is 0. The SMILES string of the molecule is CC(C)NC(=O)/C=C/C=C(c1ccccc1)c1ccccc1. The number of allylic oxidation sites excluding steroid dienone is 2. The highest BCUT2D eigenvalue weighted by molar-refractivity contribution is 5.89. The Kier molecular flexibility index (Phi) is 5.73. The molecule has 0 unspecified atom stereocenters. The summed E-state index contributed by atoms with van der Waals surface area (Å²) in [6, 6.07) is 20.5. The predicted octanol–water partition coefficient (Wildman–Crippen LogP) is 4.20. The van der Waals surface area contributed by atoms with Crippen molar-refractivity contribution in [1.82, 2.24) is 5.32 Å². The molecule has 0 bridgehead atoms. The molecule has 0 fully saturated rings. The molecule has 22 heavy (non-hydrogen) atoms. The molecule has 0 aliphatic rings. The molecule has 2 rings (SSSR count). The third-order valence-corrected chi connectivity index (χ3v) is 3.11. The number of carbonyl (C=O) groups is 1. The lowest BCUT2D eigenvalue weighted by Gasteiger charge is -2.07. The minimum absolute atomic E-state index is 0.0771. The van der Waals surface area contributed by atoms with E-state index in [4.69, 9.17) is 0 Å². The molecule has 0 radical (unpaired) electrons. The van der Waals surface area contributed by atoms with Gasteiger partial charge < -0.3 is 5.32 Å². The molecular formula is C20H21NO. The minimum atomic E-state index is -0.0771. The van der Waals surface area contributed by atoms with E-state index in [0.29, 0.717) is 0 Å². The second-order valence-electron chi connectivity index (χ2n) is 5.33. The van der Waals surface area contributed by atoms with Gasteiger partial charge in [0.25, 0.3) is 0 Å². The van der Waals surface area contributed by atoms with Crippen molar-refractivity contribution in [3.63, 3.8) is 0 Å². The van der Waals surface area contributed by atoms with Gasteiger partial charge in [-0.1, -0.05) is 72.8 Å². The zero-order chi connectivity index (χ0) is 15.8. The lowest BCUT2D eigenvalue weighted by Crippen LogP contribution is -2.28. The van der Waals surface area contributed by atoms with Crippen LogP contribution in [0, 0.1) is 0 Å². The second-order valence-corrected chi connectivity index (χ2v) is 5.33. The Labute approximate surface area is 132 Å². The van der Waals surface area contributed by atoms with Crippen LogP contribution in [0.3, 0.4) is 0 Å². The van der Waals surface area contributed by atoms with E-state index in [-0.39, 0.29) is 11.9 Å². The summed E-state index contributed by atoms with van der Waals surface area (Å²) >= 11 is 0. The maximum atomic E-state index is 11.7. The van der Waals surface area contributed by atoms with E-state index in [0.717, 1.165) is 16.7 Å². The van der Waals surface area contributed by atoms with Gasteiger partial charge in [-0.2, -0.15) is 0 Å². The summed E-state index contributed by atoms with van der Waals surface area (Å²) in [6.45, 7) is 3.89. The Balaban J connectivity index is 2.28. The van der Waals surface area contributed by atoms with E-state index in [1.165, 1.54) is 0 Å². The molecule has 1 amide bonds. The molecular weight excluding hydrogens is 270 g/mol. The Hall–Kier alpha value is -2.61. The van der Waals surface area contributed by atoms with Gasteiger partial charge in [0.15, 0.2) is 0 Å². The normalized spacial score (nSPS) is 10.7. The van der Waals surface area contributed by atoms with Crippen LogP contribution in [-0.2, 0) is 4.79 Å². The summed E-state index contributed by atoms with van der Waals surface area (Å²) in [5.41, 5.74) is 3.35. The van der Waals surface area contributed by atoms with Crippen LogP contribution in [-0.4, -0.2) is 11.9 Å². The Morgan fingerprint density at radius 2 is 1.41 bits per heavy atom. The molecule has 0 atom stereocenters. The fourth-order valence-corrected chi connectivity index (χ4v) is 2.16. The smallest absolute Gasteiger partial charge is 0.244 e. The molecule has 0 spiro atoms. The van der Waals surface area contributed by atoms with Crippen molar-refractivity contribution in [2.45, 2.75) is 19.9 Å². The molecule has 0 saturated carbocycles. The van der Waals surface area contributed by atoms with Crippen LogP contribution in [0.25, 0.3) is 5.57 Å². The number of rotatable bonds is 5. The summed E-state index contributed by atoms with van der Waals surface area (Å²) in [7, 11) is 0. The van der Waals surface area contributed by atoms with Crippen LogP contribution in [0.15, 0.2) is 78.9 Å². The molecule has 2 aromatic rings. The van der Waals surface area contributed by atoms with Crippen molar-refractivity contribution in [1.29, 1.82) is 0 Å². The van der Waals surface area contributed by atoms with Gasteiger partial charge in [0.1, 0.15) is 0 Å². The fourth-order valence-electron chi connectivity index (χ4n) is 2.16. The van der Waals surface area contributed by atoms with E-state index in [1.807, 2.05) is 56.3 Å². The zero-order valence-electron chi connectivity index (χ0n) is 13.0. The summed E-state index contributed by atoms with van der Waals surface area (Å²) in [5, 5.41) is 2.84. The van der Waals surface area contributed by atoms with Crippen LogP contribution in [0.2, 0.25) is 0 Å². The topological polar surface area (TPSA) is 29.1 Å². The summed E-state index contributed by atoms with van der Waals surface area (Å²) in [6.07, 6.45) is 5.34. The highest BCUT2D eigenvalue weighted by atomic mass is 16.1. The molecule has 0 heterocycles. The fraction of sp³-hybridized carbons (Fsp3) is 0.150. The minimum Gasteiger partial charge on any atom is -0.350 e. The van der Waals surface area contributed by atoms with Gasteiger partial charge in [-0.3, -0.25) is 4.79 Å². The number of amides is 1. The molecule has 0 aliphatic carbocycles. The number of nitrogens with one attached hydrogen (secondary N) is 1. The average Bonchev–Trinajstić information content (AvgIpc) is 2.52. The van der Waals surface area contributed by atoms with Crippen LogP contribution < -0.4 is 5.32 Å². The van der Waals surface area contributed by atoms with E-state index >= 15 is 0 Å². The Morgan fingerprint density at radius 1 is 0.909 bits per heavy atom. The largest absolute Gasteiger partial charge is 0.350 e. The standard InChI is InChI=1S/C20H21NO/c1-16(2)21-20(22)15-9-14-19(17-10-5-3-6-11-17)18-12-7-4-8-13-18/h3-16H,1-2H3,(H,21,22)/b15-9+. The zero-order valence-corrected chi connectivity index (χ0v) is 13.0. The second kappa shape index (κ2) is 7.99. The van der Waals surface area contributed by atoms with Gasteiger partial charge in [0.05, 0.1) is 0 Å². The molecule has 0 aromatic heterocycles. The van der Waals surface area contributed by atoms with Crippen molar-refractivity contribution >= 4 is 11.5 Å². The van der Waals surface area contributed by atoms with E-state index in [2.05, 4.69) is 29.6 Å². The third-order valence-electron chi connectivity index (χ3n) is 3.11. The highest BCUT2D eigenvalue weighted by Crippen LogP contribution is 2.23. The van der Waals surface area contributed by atoms with Gasteiger partial charge in [-0.15, -0.1) is 0 Å². The van der Waals surface area contributed by atoms with Crippen LogP contribution >= 0.6 is 0 Å². The van der Waals surface area contributed by atoms with Gasteiger partial charge in [0.2, 0.25) is 5.91 Å². The molecule has 112 valence electrons. The first-order valence-corrected chi connectivity index (χ1v) is 7.46. The first kappa shape index (κ1) is 15.8. The lowest BCUT2D eigenvalue weighted by molar-refractivity contribution is -0.116. The van der Waals surface area contributed by atoms with Crippen molar-refractivity contribution < 1.29 is 4.79 Å². The highest BCUT2D eigenvalue weighted by Gasteiger charge is 2.03. The van der Waals surface area contributed by atoms with Crippen LogP contribution in [0.5, 0.6) is 0 Å². The molecule has 1 N–H and O–H groups in total. The number of hydrogen-bond donors (Lipinski definition) is 1. The van der Waals surface area contributed by atoms with E-state index in [1.54, 1.807) is 12.2 Å². The molecule has 2 aromatic carbocycles. The molecule has 2 nitrogen and oxygen atoms in total. The third kappa shape index (κ3) is 4.74.